The molecule has 20 heavy (non-hydrogen) atoms. The number of piperidine rings is 2. The van der Waals surface area contributed by atoms with E-state index in [1.54, 1.807) is 0 Å². The molecule has 0 amide bonds. The molecule has 2 fully saturated rings. The highest BCUT2D eigenvalue weighted by atomic mass is 16.1. The molecule has 2 saturated heterocycles. The Morgan fingerprint density at radius 3 is 2.30 bits per heavy atom. The lowest BCUT2D eigenvalue weighted by molar-refractivity contribution is -0.124. The van der Waals surface area contributed by atoms with E-state index in [-0.39, 0.29) is 5.92 Å². The molecule has 0 aromatic carbocycles. The predicted octanol–water partition coefficient (Wildman–Crippen LogP) is 2.80. The monoisotopic (exact) mass is 280 g/mol. The van der Waals surface area contributed by atoms with Crippen LogP contribution in [0.15, 0.2) is 0 Å². The minimum absolute atomic E-state index is 0.173. The standard InChI is InChI=1S/C17H32N2O/c1-14(2)16(20)11-18-9-5-7-17(12-18)8-6-10-19(13-17)15(3)4/h14-15H,5-13H2,1-4H3. The van der Waals surface area contributed by atoms with E-state index >= 15 is 0 Å². The van der Waals surface area contributed by atoms with E-state index in [0.29, 0.717) is 23.8 Å². The summed E-state index contributed by atoms with van der Waals surface area (Å²) in [5.41, 5.74) is 0.456. The number of hydrogen-bond donors (Lipinski definition) is 0. The van der Waals surface area contributed by atoms with Gasteiger partial charge in [0, 0.05) is 25.0 Å². The topological polar surface area (TPSA) is 23.6 Å². The van der Waals surface area contributed by atoms with Crippen molar-refractivity contribution in [1.29, 1.82) is 0 Å². The van der Waals surface area contributed by atoms with Crippen LogP contribution in [0.1, 0.15) is 53.4 Å². The Balaban J connectivity index is 1.96. The number of carbonyl (C=O) groups is 1. The molecule has 1 unspecified atom stereocenters. The molecule has 0 aromatic rings. The summed E-state index contributed by atoms with van der Waals surface area (Å²) >= 11 is 0. The van der Waals surface area contributed by atoms with Crippen molar-refractivity contribution in [1.82, 2.24) is 9.80 Å². The van der Waals surface area contributed by atoms with E-state index in [1.807, 2.05) is 13.8 Å². The zero-order valence-electron chi connectivity index (χ0n) is 13.8. The molecule has 0 radical (unpaired) electrons. The smallest absolute Gasteiger partial charge is 0.149 e. The summed E-state index contributed by atoms with van der Waals surface area (Å²) in [4.78, 5) is 17.1. The first kappa shape index (κ1) is 16.0. The maximum atomic E-state index is 12.0. The van der Waals surface area contributed by atoms with E-state index in [1.165, 1.54) is 38.8 Å². The average molecular weight is 280 g/mol. The first-order valence-electron chi connectivity index (χ1n) is 8.41. The Morgan fingerprint density at radius 1 is 1.05 bits per heavy atom. The van der Waals surface area contributed by atoms with Gasteiger partial charge in [-0.15, -0.1) is 0 Å². The van der Waals surface area contributed by atoms with Crippen LogP contribution < -0.4 is 0 Å². The van der Waals surface area contributed by atoms with Gasteiger partial charge < -0.3 is 4.90 Å². The second kappa shape index (κ2) is 6.57. The molecule has 0 aromatic heterocycles. The van der Waals surface area contributed by atoms with Crippen LogP contribution in [0.4, 0.5) is 0 Å². The number of carbonyl (C=O) groups excluding carboxylic acids is 1. The van der Waals surface area contributed by atoms with Gasteiger partial charge in [-0.1, -0.05) is 13.8 Å². The third-order valence-corrected chi connectivity index (χ3v) is 5.19. The summed E-state index contributed by atoms with van der Waals surface area (Å²) in [5.74, 6) is 0.574. The zero-order chi connectivity index (χ0) is 14.8. The van der Waals surface area contributed by atoms with Crippen molar-refractivity contribution in [3.8, 4) is 0 Å². The largest absolute Gasteiger partial charge is 0.300 e. The van der Waals surface area contributed by atoms with Crippen molar-refractivity contribution >= 4 is 5.78 Å². The fourth-order valence-electron chi connectivity index (χ4n) is 3.87. The van der Waals surface area contributed by atoms with E-state index in [9.17, 15) is 4.79 Å². The summed E-state index contributed by atoms with van der Waals surface area (Å²) in [5, 5.41) is 0. The fourth-order valence-corrected chi connectivity index (χ4v) is 3.87. The lowest BCUT2D eigenvalue weighted by atomic mass is 9.73. The van der Waals surface area contributed by atoms with Crippen LogP contribution >= 0.6 is 0 Å². The molecule has 2 heterocycles. The van der Waals surface area contributed by atoms with Crippen LogP contribution in [-0.4, -0.2) is 54.3 Å². The molecule has 2 rings (SSSR count). The molecule has 3 nitrogen and oxygen atoms in total. The second-order valence-corrected chi connectivity index (χ2v) is 7.60. The number of nitrogens with zero attached hydrogens (tertiary/aromatic N) is 2. The van der Waals surface area contributed by atoms with E-state index in [4.69, 9.17) is 0 Å². The van der Waals surface area contributed by atoms with E-state index in [2.05, 4.69) is 23.6 Å². The molecular formula is C17H32N2O. The van der Waals surface area contributed by atoms with E-state index < -0.39 is 0 Å². The third kappa shape index (κ3) is 3.82. The Kier molecular flexibility index (Phi) is 5.25. The summed E-state index contributed by atoms with van der Waals surface area (Å²) in [6, 6.07) is 0.653. The van der Waals surface area contributed by atoms with Gasteiger partial charge in [-0.25, -0.2) is 0 Å². The second-order valence-electron chi connectivity index (χ2n) is 7.60. The number of hydrogen-bond acceptors (Lipinski definition) is 3. The summed E-state index contributed by atoms with van der Waals surface area (Å²) in [6.07, 6.45) is 5.28. The molecule has 2 aliphatic heterocycles. The van der Waals surface area contributed by atoms with Crippen LogP contribution in [0.3, 0.4) is 0 Å². The molecule has 116 valence electrons. The van der Waals surface area contributed by atoms with Gasteiger partial charge in [0.15, 0.2) is 0 Å². The number of Topliss-reactive ketones (excluding diaryl/α,β-unsaturated/α-hetero) is 1. The highest BCUT2D eigenvalue weighted by Crippen LogP contribution is 2.38. The van der Waals surface area contributed by atoms with Crippen LogP contribution in [-0.2, 0) is 4.79 Å². The molecular weight excluding hydrogens is 248 g/mol. The van der Waals surface area contributed by atoms with Gasteiger partial charge in [-0.05, 0) is 58.0 Å². The fraction of sp³-hybridized carbons (Fsp3) is 0.941. The van der Waals surface area contributed by atoms with Gasteiger partial charge in [-0.2, -0.15) is 0 Å². The summed E-state index contributed by atoms with van der Waals surface area (Å²) in [7, 11) is 0. The summed E-state index contributed by atoms with van der Waals surface area (Å²) in [6.45, 7) is 14.1. The van der Waals surface area contributed by atoms with Crippen LogP contribution in [0.5, 0.6) is 0 Å². The van der Waals surface area contributed by atoms with Crippen LogP contribution in [0.25, 0.3) is 0 Å². The first-order chi connectivity index (χ1) is 9.42. The highest BCUT2D eigenvalue weighted by molar-refractivity contribution is 5.82. The molecule has 0 aliphatic carbocycles. The lowest BCUT2D eigenvalue weighted by Crippen LogP contribution is -2.54. The van der Waals surface area contributed by atoms with Crippen molar-refractivity contribution in [2.75, 3.05) is 32.7 Å². The van der Waals surface area contributed by atoms with Crippen molar-refractivity contribution in [2.45, 2.75) is 59.4 Å². The molecule has 0 saturated carbocycles. The Bertz CT molecular complexity index is 336. The summed E-state index contributed by atoms with van der Waals surface area (Å²) < 4.78 is 0. The zero-order valence-corrected chi connectivity index (χ0v) is 13.8. The number of rotatable bonds is 4. The maximum Gasteiger partial charge on any atom is 0.149 e. The number of likely N-dealkylation sites (tertiary alicyclic amines) is 2. The average Bonchev–Trinajstić information content (AvgIpc) is 2.38. The minimum Gasteiger partial charge on any atom is -0.300 e. The first-order valence-corrected chi connectivity index (χ1v) is 8.41. The molecule has 1 spiro atoms. The Morgan fingerprint density at radius 2 is 1.70 bits per heavy atom. The number of ketones is 1. The molecule has 2 aliphatic rings. The van der Waals surface area contributed by atoms with Crippen molar-refractivity contribution in [2.24, 2.45) is 11.3 Å². The normalized spacial score (nSPS) is 29.5. The molecule has 1 atom stereocenters. The van der Waals surface area contributed by atoms with Crippen molar-refractivity contribution < 1.29 is 4.79 Å². The highest BCUT2D eigenvalue weighted by Gasteiger charge is 2.39. The van der Waals surface area contributed by atoms with E-state index in [0.717, 1.165) is 13.1 Å². The van der Waals surface area contributed by atoms with Crippen molar-refractivity contribution in [3.63, 3.8) is 0 Å². The van der Waals surface area contributed by atoms with Gasteiger partial charge in [-0.3, -0.25) is 9.69 Å². The molecule has 3 heteroatoms. The van der Waals surface area contributed by atoms with Gasteiger partial charge in [0.25, 0.3) is 0 Å². The SMILES string of the molecule is CC(C)C(=O)CN1CCCC2(CCCN(C(C)C)C2)C1. The maximum absolute atomic E-state index is 12.0. The van der Waals surface area contributed by atoms with Crippen molar-refractivity contribution in [3.05, 3.63) is 0 Å². The predicted molar refractivity (Wildman–Crippen MR) is 83.9 cm³/mol. The van der Waals surface area contributed by atoms with Crippen LogP contribution in [0.2, 0.25) is 0 Å². The Hall–Kier alpha value is -0.410. The van der Waals surface area contributed by atoms with Gasteiger partial charge in [0.2, 0.25) is 0 Å². The molecule has 0 N–H and O–H groups in total. The molecule has 0 bridgehead atoms. The Labute approximate surface area is 124 Å². The lowest BCUT2D eigenvalue weighted by Gasteiger charge is -2.49. The van der Waals surface area contributed by atoms with Crippen LogP contribution in [0, 0.1) is 11.3 Å². The van der Waals surface area contributed by atoms with Gasteiger partial charge in [0.1, 0.15) is 5.78 Å². The third-order valence-electron chi connectivity index (χ3n) is 5.19. The quantitative estimate of drug-likeness (QED) is 0.791. The van der Waals surface area contributed by atoms with Gasteiger partial charge >= 0.3 is 0 Å². The minimum atomic E-state index is 0.173. The van der Waals surface area contributed by atoms with Gasteiger partial charge in [0.05, 0.1) is 6.54 Å².